The maximum absolute atomic E-state index is 12.6. The third-order valence-corrected chi connectivity index (χ3v) is 4.34. The molecular formula is C8H14FNO2S. The fourth-order valence-electron chi connectivity index (χ4n) is 2.84. The minimum absolute atomic E-state index is 0.280. The van der Waals surface area contributed by atoms with Gasteiger partial charge in [0.1, 0.15) is 0 Å². The molecule has 0 spiro atoms. The second-order valence-corrected chi connectivity index (χ2v) is 5.63. The molecule has 5 heteroatoms. The molecule has 1 saturated carbocycles. The van der Waals surface area contributed by atoms with E-state index in [2.05, 4.69) is 5.32 Å². The first-order chi connectivity index (χ1) is 6.02. The van der Waals surface area contributed by atoms with E-state index in [0.717, 1.165) is 25.8 Å². The van der Waals surface area contributed by atoms with Gasteiger partial charge in [0.15, 0.2) is 0 Å². The van der Waals surface area contributed by atoms with E-state index < -0.39 is 10.2 Å². The van der Waals surface area contributed by atoms with E-state index in [9.17, 15) is 12.3 Å². The van der Waals surface area contributed by atoms with Crippen LogP contribution in [0.15, 0.2) is 0 Å². The smallest absolute Gasteiger partial charge is 0.303 e. The molecule has 0 amide bonds. The molecule has 0 aromatic carbocycles. The summed E-state index contributed by atoms with van der Waals surface area (Å²) in [5, 5.41) is 3.16. The number of fused-ring (bicyclic) bond motifs is 1. The third kappa shape index (κ3) is 1.72. The van der Waals surface area contributed by atoms with Gasteiger partial charge in [0.05, 0.1) is 5.75 Å². The average Bonchev–Trinajstić information content (AvgIpc) is 2.40. The zero-order valence-corrected chi connectivity index (χ0v) is 8.24. The van der Waals surface area contributed by atoms with Gasteiger partial charge < -0.3 is 5.32 Å². The zero-order valence-electron chi connectivity index (χ0n) is 7.42. The van der Waals surface area contributed by atoms with Crippen molar-refractivity contribution >= 4 is 10.2 Å². The van der Waals surface area contributed by atoms with Gasteiger partial charge in [-0.05, 0) is 25.3 Å². The average molecular weight is 207 g/mol. The van der Waals surface area contributed by atoms with Crippen LogP contribution < -0.4 is 5.32 Å². The largest absolute Gasteiger partial charge is 0.316 e. The molecule has 2 atom stereocenters. The number of hydrogen-bond acceptors (Lipinski definition) is 3. The molecule has 0 aromatic rings. The molecule has 3 nitrogen and oxygen atoms in total. The summed E-state index contributed by atoms with van der Waals surface area (Å²) in [5.41, 5.74) is -0.284. The molecule has 2 fully saturated rings. The van der Waals surface area contributed by atoms with E-state index in [1.165, 1.54) is 0 Å². The summed E-state index contributed by atoms with van der Waals surface area (Å²) in [6.45, 7) is 1.52. The number of nitrogens with one attached hydrogen (secondary N) is 1. The molecule has 1 aliphatic heterocycles. The molecule has 13 heavy (non-hydrogen) atoms. The quantitative estimate of drug-likeness (QED) is 0.677. The number of hydrogen-bond donors (Lipinski definition) is 1. The topological polar surface area (TPSA) is 46.2 Å². The van der Waals surface area contributed by atoms with Crippen molar-refractivity contribution in [1.29, 1.82) is 0 Å². The summed E-state index contributed by atoms with van der Waals surface area (Å²) in [6.07, 6.45) is 2.94. The molecular weight excluding hydrogens is 193 g/mol. The van der Waals surface area contributed by atoms with Gasteiger partial charge in [-0.1, -0.05) is 6.42 Å². The predicted molar refractivity (Wildman–Crippen MR) is 47.5 cm³/mol. The third-order valence-electron chi connectivity index (χ3n) is 3.42. The van der Waals surface area contributed by atoms with E-state index in [0.29, 0.717) is 12.5 Å². The Kier molecular flexibility index (Phi) is 2.11. The molecule has 2 unspecified atom stereocenters. The fourth-order valence-corrected chi connectivity index (χ4v) is 4.01. The fraction of sp³-hybridized carbons (Fsp3) is 1.00. The summed E-state index contributed by atoms with van der Waals surface area (Å²) >= 11 is 0. The second-order valence-electron chi connectivity index (χ2n) is 4.27. The molecule has 1 heterocycles. The lowest BCUT2D eigenvalue weighted by Gasteiger charge is -2.25. The molecule has 0 radical (unpaired) electrons. The maximum atomic E-state index is 12.6. The Labute approximate surface area is 77.9 Å². The van der Waals surface area contributed by atoms with Crippen LogP contribution in [0.4, 0.5) is 3.89 Å². The second kappa shape index (κ2) is 2.92. The summed E-state index contributed by atoms with van der Waals surface area (Å²) in [4.78, 5) is 0. The summed E-state index contributed by atoms with van der Waals surface area (Å²) in [5.74, 6) is 0.0931. The summed E-state index contributed by atoms with van der Waals surface area (Å²) in [6, 6.07) is 0. The highest BCUT2D eigenvalue weighted by Crippen LogP contribution is 2.46. The Morgan fingerprint density at radius 3 is 3.00 bits per heavy atom. The van der Waals surface area contributed by atoms with Crippen LogP contribution in [0.2, 0.25) is 0 Å². The summed E-state index contributed by atoms with van der Waals surface area (Å²) < 4.78 is 33.9. The first kappa shape index (κ1) is 9.40. The lowest BCUT2D eigenvalue weighted by Crippen LogP contribution is -2.32. The van der Waals surface area contributed by atoms with Crippen molar-refractivity contribution in [2.75, 3.05) is 18.8 Å². The molecule has 0 aromatic heterocycles. The Hall–Kier alpha value is -0.160. The first-order valence-electron chi connectivity index (χ1n) is 4.65. The van der Waals surface area contributed by atoms with Gasteiger partial charge in [-0.3, -0.25) is 0 Å². The molecule has 2 rings (SSSR count). The standard InChI is InChI=1S/C8H14FNO2S/c9-13(11,12)6-8-3-1-2-7(8)4-10-5-8/h7,10H,1-6H2. The van der Waals surface area contributed by atoms with E-state index in [1.54, 1.807) is 0 Å². The Balaban J connectivity index is 2.19. The lowest BCUT2D eigenvalue weighted by atomic mass is 9.83. The highest BCUT2D eigenvalue weighted by Gasteiger charge is 2.48. The SMILES string of the molecule is O=S(=O)(F)CC12CCCC1CNC2. The van der Waals surface area contributed by atoms with Crippen LogP contribution in [0, 0.1) is 11.3 Å². The molecule has 76 valence electrons. The Morgan fingerprint density at radius 1 is 1.54 bits per heavy atom. The molecule has 1 saturated heterocycles. The molecule has 2 aliphatic rings. The highest BCUT2D eigenvalue weighted by atomic mass is 32.3. The van der Waals surface area contributed by atoms with Gasteiger partial charge in [0.25, 0.3) is 0 Å². The lowest BCUT2D eigenvalue weighted by molar-refractivity contribution is 0.305. The van der Waals surface area contributed by atoms with E-state index in [1.807, 2.05) is 0 Å². The highest BCUT2D eigenvalue weighted by molar-refractivity contribution is 7.86. The summed E-state index contributed by atoms with van der Waals surface area (Å²) in [7, 11) is -4.31. The van der Waals surface area contributed by atoms with Gasteiger partial charge >= 0.3 is 10.2 Å². The van der Waals surface area contributed by atoms with Gasteiger partial charge in [0.2, 0.25) is 0 Å². The molecule has 1 aliphatic carbocycles. The van der Waals surface area contributed by atoms with Crippen molar-refractivity contribution in [2.24, 2.45) is 11.3 Å². The van der Waals surface area contributed by atoms with Crippen LogP contribution in [0.3, 0.4) is 0 Å². The predicted octanol–water partition coefficient (Wildman–Crippen LogP) is 0.675. The van der Waals surface area contributed by atoms with E-state index in [-0.39, 0.29) is 11.2 Å². The normalized spacial score (nSPS) is 39.3. The van der Waals surface area contributed by atoms with Crippen LogP contribution >= 0.6 is 0 Å². The number of halogens is 1. The van der Waals surface area contributed by atoms with Crippen molar-refractivity contribution in [1.82, 2.24) is 5.32 Å². The van der Waals surface area contributed by atoms with Crippen molar-refractivity contribution < 1.29 is 12.3 Å². The first-order valence-corrected chi connectivity index (χ1v) is 6.20. The number of rotatable bonds is 2. The van der Waals surface area contributed by atoms with Crippen LogP contribution in [0.5, 0.6) is 0 Å². The monoisotopic (exact) mass is 207 g/mol. The van der Waals surface area contributed by atoms with E-state index >= 15 is 0 Å². The van der Waals surface area contributed by atoms with Crippen molar-refractivity contribution in [3.63, 3.8) is 0 Å². The molecule has 0 bridgehead atoms. The van der Waals surface area contributed by atoms with Crippen LogP contribution in [-0.2, 0) is 10.2 Å². The minimum Gasteiger partial charge on any atom is -0.316 e. The van der Waals surface area contributed by atoms with Crippen LogP contribution in [0.25, 0.3) is 0 Å². The van der Waals surface area contributed by atoms with E-state index in [4.69, 9.17) is 0 Å². The van der Waals surface area contributed by atoms with Gasteiger partial charge in [-0.2, -0.15) is 8.42 Å². The van der Waals surface area contributed by atoms with Gasteiger partial charge in [0, 0.05) is 12.0 Å². The van der Waals surface area contributed by atoms with Crippen molar-refractivity contribution in [2.45, 2.75) is 19.3 Å². The Morgan fingerprint density at radius 2 is 2.31 bits per heavy atom. The van der Waals surface area contributed by atoms with Crippen molar-refractivity contribution in [3.05, 3.63) is 0 Å². The Bertz CT molecular complexity index is 291. The van der Waals surface area contributed by atoms with Gasteiger partial charge in [-0.25, -0.2) is 0 Å². The van der Waals surface area contributed by atoms with Crippen molar-refractivity contribution in [3.8, 4) is 0 Å². The van der Waals surface area contributed by atoms with Gasteiger partial charge in [-0.15, -0.1) is 3.89 Å². The minimum atomic E-state index is -4.31. The maximum Gasteiger partial charge on any atom is 0.303 e. The molecule has 1 N–H and O–H groups in total. The van der Waals surface area contributed by atoms with Crippen LogP contribution in [-0.4, -0.2) is 27.3 Å². The van der Waals surface area contributed by atoms with Crippen LogP contribution in [0.1, 0.15) is 19.3 Å². The zero-order chi connectivity index (χ0) is 9.53.